The Morgan fingerprint density at radius 2 is 1.86 bits per heavy atom. The molecule has 0 aromatic heterocycles. The molecule has 28 heavy (non-hydrogen) atoms. The first-order valence-corrected chi connectivity index (χ1v) is 10.5. The lowest BCUT2D eigenvalue weighted by Crippen LogP contribution is -2.85. The van der Waals surface area contributed by atoms with Crippen molar-refractivity contribution in [1.82, 2.24) is 0 Å². The molecule has 0 aromatic rings. The molecule has 0 amide bonds. The van der Waals surface area contributed by atoms with Crippen LogP contribution in [0.1, 0.15) is 39.5 Å². The summed E-state index contributed by atoms with van der Waals surface area (Å²) in [4.78, 5) is 13.8. The molecule has 7 nitrogen and oxygen atoms in total. The van der Waals surface area contributed by atoms with E-state index in [-0.39, 0.29) is 30.3 Å². The summed E-state index contributed by atoms with van der Waals surface area (Å²) < 4.78 is 11.1. The minimum atomic E-state index is -2.14. The van der Waals surface area contributed by atoms with Crippen LogP contribution in [0.4, 0.5) is 0 Å². The molecule has 2 spiro atoms. The van der Waals surface area contributed by atoms with Crippen molar-refractivity contribution < 1.29 is 34.7 Å². The van der Waals surface area contributed by atoms with E-state index in [0.717, 1.165) is 6.42 Å². The Morgan fingerprint density at radius 3 is 2.54 bits per heavy atom. The number of rotatable bonds is 2. The number of aliphatic hydroxyl groups excluding tert-OH is 3. The van der Waals surface area contributed by atoms with Gasteiger partial charge in [0.2, 0.25) is 5.79 Å². The van der Waals surface area contributed by atoms with Gasteiger partial charge in [-0.2, -0.15) is 0 Å². The highest BCUT2D eigenvalue weighted by Crippen LogP contribution is 2.76. The molecule has 10 atom stereocenters. The maximum Gasteiger partial charge on any atom is 0.208 e. The van der Waals surface area contributed by atoms with Gasteiger partial charge < -0.3 is 29.9 Å². The summed E-state index contributed by atoms with van der Waals surface area (Å²) in [5.74, 6) is -4.11. The lowest BCUT2D eigenvalue weighted by atomic mass is 9.35. The lowest BCUT2D eigenvalue weighted by Gasteiger charge is -2.74. The molecule has 4 bridgehead atoms. The van der Waals surface area contributed by atoms with Gasteiger partial charge in [0, 0.05) is 24.4 Å². The number of aliphatic hydroxyl groups is 4. The lowest BCUT2D eigenvalue weighted by molar-refractivity contribution is -0.458. The molecule has 2 aliphatic heterocycles. The monoisotopic (exact) mass is 396 g/mol. The largest absolute Gasteiger partial charge is 0.392 e. The Balaban J connectivity index is 1.75. The Labute approximate surface area is 165 Å². The van der Waals surface area contributed by atoms with Crippen molar-refractivity contribution in [3.8, 4) is 0 Å². The van der Waals surface area contributed by atoms with Crippen LogP contribution in [-0.2, 0) is 14.3 Å². The first-order chi connectivity index (χ1) is 13.1. The highest BCUT2D eigenvalue weighted by atomic mass is 16.6. The number of hydrogen-bond acceptors (Lipinski definition) is 7. The molecule has 2 unspecified atom stereocenters. The van der Waals surface area contributed by atoms with Crippen LogP contribution in [0.2, 0.25) is 0 Å². The van der Waals surface area contributed by atoms with E-state index in [1.54, 1.807) is 0 Å². The van der Waals surface area contributed by atoms with E-state index in [4.69, 9.17) is 9.47 Å². The second-order valence-electron chi connectivity index (χ2n) is 10.6. The van der Waals surface area contributed by atoms with Crippen molar-refractivity contribution in [3.05, 3.63) is 0 Å². The minimum absolute atomic E-state index is 0.0991. The molecule has 0 aromatic carbocycles. The maximum absolute atomic E-state index is 13.8. The molecule has 4 aliphatic carbocycles. The zero-order valence-corrected chi connectivity index (χ0v) is 16.8. The highest BCUT2D eigenvalue weighted by molar-refractivity contribution is 5.93. The van der Waals surface area contributed by atoms with Crippen molar-refractivity contribution in [2.45, 2.75) is 63.6 Å². The predicted molar refractivity (Wildman–Crippen MR) is 96.9 cm³/mol. The van der Waals surface area contributed by atoms with Crippen LogP contribution >= 0.6 is 0 Å². The van der Waals surface area contributed by atoms with Gasteiger partial charge in [0.1, 0.15) is 11.5 Å². The molecule has 0 radical (unpaired) electrons. The van der Waals surface area contributed by atoms with Gasteiger partial charge >= 0.3 is 0 Å². The summed E-state index contributed by atoms with van der Waals surface area (Å²) in [6, 6.07) is 0. The van der Waals surface area contributed by atoms with E-state index < -0.39 is 52.7 Å². The fraction of sp³-hybridized carbons (Fsp3) is 0.952. The van der Waals surface area contributed by atoms with Crippen LogP contribution in [0, 0.1) is 39.9 Å². The zero-order chi connectivity index (χ0) is 20.3. The van der Waals surface area contributed by atoms with Gasteiger partial charge in [-0.1, -0.05) is 13.8 Å². The molecular weight excluding hydrogens is 364 g/mol. The third-order valence-corrected chi connectivity index (χ3v) is 9.42. The number of carbonyl (C=O) groups is 1. The van der Waals surface area contributed by atoms with Crippen LogP contribution in [0.15, 0.2) is 0 Å². The molecule has 4 N–H and O–H groups in total. The topological polar surface area (TPSA) is 116 Å². The number of hydrogen-bond donors (Lipinski definition) is 4. The van der Waals surface area contributed by atoms with Crippen molar-refractivity contribution >= 4 is 5.78 Å². The summed E-state index contributed by atoms with van der Waals surface area (Å²) in [7, 11) is 1.52. The van der Waals surface area contributed by atoms with Crippen LogP contribution in [0.5, 0.6) is 0 Å². The molecule has 2 saturated heterocycles. The highest BCUT2D eigenvalue weighted by Gasteiger charge is 2.87. The van der Waals surface area contributed by atoms with Crippen LogP contribution in [0.25, 0.3) is 0 Å². The van der Waals surface area contributed by atoms with Crippen LogP contribution < -0.4 is 0 Å². The van der Waals surface area contributed by atoms with Crippen molar-refractivity contribution in [2.75, 3.05) is 20.3 Å². The fourth-order valence-corrected chi connectivity index (χ4v) is 8.47. The van der Waals surface area contributed by atoms with Gasteiger partial charge in [-0.3, -0.25) is 4.79 Å². The van der Waals surface area contributed by atoms with Gasteiger partial charge in [-0.25, -0.2) is 0 Å². The predicted octanol–water partition coefficient (Wildman–Crippen LogP) is 0.0820. The summed E-state index contributed by atoms with van der Waals surface area (Å²) in [5.41, 5.74) is -2.79. The molecule has 4 saturated carbocycles. The third kappa shape index (κ3) is 1.74. The quantitative estimate of drug-likeness (QED) is 0.522. The first-order valence-electron chi connectivity index (χ1n) is 10.5. The molecule has 6 aliphatic rings. The number of ketones is 1. The van der Waals surface area contributed by atoms with E-state index in [0.29, 0.717) is 19.3 Å². The molecule has 7 heteroatoms. The first kappa shape index (κ1) is 19.4. The van der Waals surface area contributed by atoms with Crippen LogP contribution in [-0.4, -0.2) is 70.6 Å². The Kier molecular flexibility index (Phi) is 3.85. The molecule has 158 valence electrons. The molecule has 2 heterocycles. The van der Waals surface area contributed by atoms with E-state index in [2.05, 4.69) is 13.8 Å². The van der Waals surface area contributed by atoms with Gasteiger partial charge in [-0.05, 0) is 42.9 Å². The van der Waals surface area contributed by atoms with Gasteiger partial charge in [0.15, 0.2) is 5.78 Å². The second-order valence-corrected chi connectivity index (χ2v) is 10.6. The number of methoxy groups -OCH3 is 1. The standard InChI is InChI=1S/C21H32O7/c1-18(2)7-6-13(22)19-9-28-21(26,17(25)14(18)19)20-12(19)5-4-10(15(20)23)11(8-27-3)16(20)24/h10-15,17,22-23,25-26H,4-9H2,1-3H3/t10-,11?,12-,13-,14+,15+,17-,19+,20+,21?/m0/s1. The number of fused-ring (bicyclic) bond motifs is 2. The summed E-state index contributed by atoms with van der Waals surface area (Å²) in [6.45, 7) is 4.38. The Hall–Kier alpha value is -0.570. The van der Waals surface area contributed by atoms with Crippen molar-refractivity contribution in [3.63, 3.8) is 0 Å². The van der Waals surface area contributed by atoms with E-state index >= 15 is 0 Å². The average molecular weight is 396 g/mol. The number of Topliss-reactive ketones (excluding diaryl/α,β-unsaturated/α-hetero) is 1. The van der Waals surface area contributed by atoms with Gasteiger partial charge in [-0.15, -0.1) is 0 Å². The molecule has 6 rings (SSSR count). The summed E-state index contributed by atoms with van der Waals surface area (Å²) in [6.07, 6.45) is -0.671. The maximum atomic E-state index is 13.8. The fourth-order valence-electron chi connectivity index (χ4n) is 8.47. The Bertz CT molecular complexity index is 709. The minimum Gasteiger partial charge on any atom is -0.392 e. The SMILES string of the molecule is COCC1C(=O)[C@]23[C@H](O)[C@H]1CC[C@H]2[C@@]12COC3(O)[C@@H](O)[C@@H]1C(C)(C)CC[C@@H]2O. The second kappa shape index (κ2) is 5.56. The summed E-state index contributed by atoms with van der Waals surface area (Å²) >= 11 is 0. The van der Waals surface area contributed by atoms with Gasteiger partial charge in [0.25, 0.3) is 0 Å². The van der Waals surface area contributed by atoms with Gasteiger partial charge in [0.05, 0.1) is 25.4 Å². The third-order valence-electron chi connectivity index (χ3n) is 9.42. The van der Waals surface area contributed by atoms with E-state index in [9.17, 15) is 25.2 Å². The Morgan fingerprint density at radius 1 is 1.14 bits per heavy atom. The molecular formula is C21H32O7. The van der Waals surface area contributed by atoms with Crippen LogP contribution in [0.3, 0.4) is 0 Å². The zero-order valence-electron chi connectivity index (χ0n) is 16.8. The number of ether oxygens (including phenoxy) is 2. The number of carbonyl (C=O) groups excluding carboxylic acids is 1. The van der Waals surface area contributed by atoms with E-state index in [1.807, 2.05) is 0 Å². The normalized spacial score (nSPS) is 59.1. The summed E-state index contributed by atoms with van der Waals surface area (Å²) in [5, 5.41) is 45.8. The molecule has 6 fully saturated rings. The van der Waals surface area contributed by atoms with Crippen molar-refractivity contribution in [1.29, 1.82) is 0 Å². The smallest absolute Gasteiger partial charge is 0.208 e. The average Bonchev–Trinajstić information content (AvgIpc) is 2.76. The van der Waals surface area contributed by atoms with E-state index in [1.165, 1.54) is 7.11 Å². The van der Waals surface area contributed by atoms with Crippen molar-refractivity contribution in [2.24, 2.45) is 39.9 Å².